The van der Waals surface area contributed by atoms with Gasteiger partial charge in [0.25, 0.3) is 10.0 Å². The zero-order chi connectivity index (χ0) is 29.8. The molecule has 15 heteroatoms. The van der Waals surface area contributed by atoms with Crippen molar-refractivity contribution in [2.24, 2.45) is 0 Å². The first kappa shape index (κ1) is 28.8. The van der Waals surface area contributed by atoms with E-state index in [1.807, 2.05) is 19.1 Å². The Labute approximate surface area is 253 Å². The summed E-state index contributed by atoms with van der Waals surface area (Å²) in [6, 6.07) is 12.2. The fraction of sp³-hybridized carbons (Fsp3) is 0.296. The number of benzene rings is 2. The number of anilines is 1. The number of imidazole rings is 1. The van der Waals surface area contributed by atoms with Crippen LogP contribution in [0, 0.1) is 10.5 Å². The number of fused-ring (bicyclic) bond motifs is 2. The maximum absolute atomic E-state index is 13.5. The highest BCUT2D eigenvalue weighted by atomic mass is 127. The van der Waals surface area contributed by atoms with Gasteiger partial charge in [-0.15, -0.1) is 0 Å². The SMILES string of the molecule is Cc1ccc(S(=O)(=O)n2cc(CCOc3nc(N)c4ncn([C@@H]5O[C@H](CO)[C@@H](O)[C@H]5O)c4n3)c3cc(I)ccc32)cc1. The molecule has 5 N–H and O–H groups in total. The molecule has 0 unspecified atom stereocenters. The number of aryl methyl sites for hydroxylation is 1. The van der Waals surface area contributed by atoms with Crippen LogP contribution in [-0.2, 0) is 21.2 Å². The van der Waals surface area contributed by atoms with Crippen LogP contribution in [0.5, 0.6) is 6.01 Å². The van der Waals surface area contributed by atoms with E-state index in [0.29, 0.717) is 11.9 Å². The predicted molar refractivity (Wildman–Crippen MR) is 160 cm³/mol. The van der Waals surface area contributed by atoms with Gasteiger partial charge in [0.2, 0.25) is 0 Å². The molecule has 1 saturated heterocycles. The van der Waals surface area contributed by atoms with Gasteiger partial charge in [0, 0.05) is 21.6 Å². The summed E-state index contributed by atoms with van der Waals surface area (Å²) in [4.78, 5) is 13.0. The van der Waals surface area contributed by atoms with E-state index in [1.165, 1.54) is 14.9 Å². The lowest BCUT2D eigenvalue weighted by Gasteiger charge is -2.16. The number of nitrogens with two attached hydrogens (primary N) is 1. The molecule has 1 aliphatic rings. The van der Waals surface area contributed by atoms with Crippen molar-refractivity contribution in [1.82, 2.24) is 23.5 Å². The first-order valence-corrected chi connectivity index (χ1v) is 15.5. The lowest BCUT2D eigenvalue weighted by atomic mass is 10.1. The molecular formula is C27H27IN6O7S. The van der Waals surface area contributed by atoms with Crippen LogP contribution in [0.2, 0.25) is 0 Å². The largest absolute Gasteiger partial charge is 0.463 e. The molecule has 3 aromatic heterocycles. The average molecular weight is 707 g/mol. The van der Waals surface area contributed by atoms with E-state index in [1.54, 1.807) is 36.5 Å². The highest BCUT2D eigenvalue weighted by molar-refractivity contribution is 14.1. The average Bonchev–Trinajstić information content (AvgIpc) is 3.63. The van der Waals surface area contributed by atoms with Crippen LogP contribution in [-0.4, -0.2) is 78.8 Å². The Hall–Kier alpha value is -3.35. The topological polar surface area (TPSA) is 188 Å². The molecule has 2 aromatic carbocycles. The fourth-order valence-corrected chi connectivity index (χ4v) is 6.87. The smallest absolute Gasteiger partial charge is 0.320 e. The second kappa shape index (κ2) is 11.1. The molecule has 0 saturated carbocycles. The van der Waals surface area contributed by atoms with Gasteiger partial charge in [-0.3, -0.25) is 4.57 Å². The summed E-state index contributed by atoms with van der Waals surface area (Å²) >= 11 is 2.18. The summed E-state index contributed by atoms with van der Waals surface area (Å²) in [5.41, 5.74) is 8.83. The molecule has 13 nitrogen and oxygen atoms in total. The minimum atomic E-state index is -3.85. The highest BCUT2D eigenvalue weighted by Gasteiger charge is 2.44. The van der Waals surface area contributed by atoms with Crippen LogP contribution in [0.4, 0.5) is 5.82 Å². The summed E-state index contributed by atoms with van der Waals surface area (Å²) in [6.07, 6.45) is -1.38. The van der Waals surface area contributed by atoms with Crippen LogP contribution < -0.4 is 10.5 Å². The number of hydrogen-bond acceptors (Lipinski definition) is 11. The molecule has 0 spiro atoms. The molecular weight excluding hydrogens is 679 g/mol. The molecule has 5 aromatic rings. The zero-order valence-corrected chi connectivity index (χ0v) is 25.2. The second-order valence-electron chi connectivity index (χ2n) is 9.97. The van der Waals surface area contributed by atoms with Gasteiger partial charge in [-0.05, 0) is 65.4 Å². The van der Waals surface area contributed by atoms with E-state index < -0.39 is 41.2 Å². The number of hydrogen-bond donors (Lipinski definition) is 4. The maximum atomic E-state index is 13.5. The van der Waals surface area contributed by atoms with Crippen LogP contribution >= 0.6 is 22.6 Å². The van der Waals surface area contributed by atoms with Gasteiger partial charge in [-0.25, -0.2) is 17.4 Å². The number of halogens is 1. The second-order valence-corrected chi connectivity index (χ2v) is 13.0. The first-order chi connectivity index (χ1) is 20.1. The predicted octanol–water partition coefficient (Wildman–Crippen LogP) is 1.75. The molecule has 0 amide bonds. The Morgan fingerprint density at radius 3 is 2.60 bits per heavy atom. The third-order valence-electron chi connectivity index (χ3n) is 7.21. The van der Waals surface area contributed by atoms with E-state index in [-0.39, 0.29) is 34.5 Å². The monoisotopic (exact) mass is 706 g/mol. The highest BCUT2D eigenvalue weighted by Crippen LogP contribution is 2.33. The Morgan fingerprint density at radius 2 is 1.88 bits per heavy atom. The van der Waals surface area contributed by atoms with Crippen LogP contribution in [0.15, 0.2) is 59.9 Å². The van der Waals surface area contributed by atoms with Crippen LogP contribution in [0.3, 0.4) is 0 Å². The Kier molecular flexibility index (Phi) is 7.57. The Bertz CT molecular complexity index is 1890. The summed E-state index contributed by atoms with van der Waals surface area (Å²) < 4.78 is 42.2. The van der Waals surface area contributed by atoms with Gasteiger partial charge in [0.15, 0.2) is 23.2 Å². The summed E-state index contributed by atoms with van der Waals surface area (Å²) in [5.74, 6) is 0.0378. The molecule has 0 radical (unpaired) electrons. The fourth-order valence-electron chi connectivity index (χ4n) is 4.99. The maximum Gasteiger partial charge on any atom is 0.320 e. The summed E-state index contributed by atoms with van der Waals surface area (Å²) in [7, 11) is -3.85. The third-order valence-corrected chi connectivity index (χ3v) is 9.57. The van der Waals surface area contributed by atoms with Crippen molar-refractivity contribution in [3.05, 3.63) is 69.7 Å². The number of aliphatic hydroxyl groups is 3. The third kappa shape index (κ3) is 4.99. The molecule has 1 aliphatic heterocycles. The number of nitrogens with zero attached hydrogens (tertiary/aromatic N) is 5. The van der Waals surface area contributed by atoms with Gasteiger partial charge < -0.3 is 30.5 Å². The lowest BCUT2D eigenvalue weighted by Crippen LogP contribution is -2.33. The number of nitrogen functional groups attached to an aromatic ring is 1. The minimum absolute atomic E-state index is 0.0378. The van der Waals surface area contributed by atoms with E-state index in [4.69, 9.17) is 15.2 Å². The zero-order valence-electron chi connectivity index (χ0n) is 22.2. The van der Waals surface area contributed by atoms with Crippen molar-refractivity contribution in [2.45, 2.75) is 42.8 Å². The van der Waals surface area contributed by atoms with E-state index in [2.05, 4.69) is 37.5 Å². The van der Waals surface area contributed by atoms with Crippen molar-refractivity contribution in [3.8, 4) is 6.01 Å². The minimum Gasteiger partial charge on any atom is -0.463 e. The molecule has 0 aliphatic carbocycles. The van der Waals surface area contributed by atoms with Crippen LogP contribution in [0.1, 0.15) is 17.4 Å². The molecule has 4 atom stereocenters. The van der Waals surface area contributed by atoms with Gasteiger partial charge >= 0.3 is 6.01 Å². The standard InChI is InChI=1S/C27H27IN6O7S/c1-14-2-5-17(6-3-14)42(38,39)34-11-15(18-10-16(28)4-7-19(18)34)8-9-40-27-31-24(29)21-25(32-27)33(13-30-21)26-23(37)22(36)20(12-35)41-26/h2-7,10-11,13,20,22-23,26,35-37H,8-9,12H2,1H3,(H2,29,31,32)/t20-,22-,23-,26-/m1/s1. The van der Waals surface area contributed by atoms with Gasteiger partial charge in [-0.1, -0.05) is 17.7 Å². The Balaban J connectivity index is 1.27. The van der Waals surface area contributed by atoms with Crippen molar-refractivity contribution >= 4 is 60.5 Å². The normalized spacial score (nSPS) is 21.0. The van der Waals surface area contributed by atoms with E-state index in [0.717, 1.165) is 20.1 Å². The molecule has 0 bridgehead atoms. The van der Waals surface area contributed by atoms with E-state index in [9.17, 15) is 23.7 Å². The summed E-state index contributed by atoms with van der Waals surface area (Å²) in [5, 5.41) is 30.8. The molecule has 220 valence electrons. The molecule has 42 heavy (non-hydrogen) atoms. The van der Waals surface area contributed by atoms with Crippen molar-refractivity contribution in [3.63, 3.8) is 0 Å². The van der Waals surface area contributed by atoms with Crippen molar-refractivity contribution in [2.75, 3.05) is 18.9 Å². The molecule has 4 heterocycles. The van der Waals surface area contributed by atoms with Crippen molar-refractivity contribution < 1.29 is 33.2 Å². The van der Waals surface area contributed by atoms with Gasteiger partial charge in [0.05, 0.1) is 30.0 Å². The number of aromatic nitrogens is 5. The molecule has 1 fully saturated rings. The lowest BCUT2D eigenvalue weighted by molar-refractivity contribution is -0.0511. The number of rotatable bonds is 8. The van der Waals surface area contributed by atoms with Gasteiger partial charge in [0.1, 0.15) is 18.3 Å². The van der Waals surface area contributed by atoms with Crippen LogP contribution in [0.25, 0.3) is 22.1 Å². The number of aliphatic hydroxyl groups excluding tert-OH is 3. The van der Waals surface area contributed by atoms with E-state index >= 15 is 0 Å². The number of ether oxygens (including phenoxy) is 2. The first-order valence-electron chi connectivity index (χ1n) is 13.0. The summed E-state index contributed by atoms with van der Waals surface area (Å²) in [6.45, 7) is 1.52. The Morgan fingerprint density at radius 1 is 1.12 bits per heavy atom. The van der Waals surface area contributed by atoms with Crippen molar-refractivity contribution in [1.29, 1.82) is 0 Å². The molecule has 6 rings (SSSR count). The van der Waals surface area contributed by atoms with Gasteiger partial charge in [-0.2, -0.15) is 9.97 Å². The quantitative estimate of drug-likeness (QED) is 0.172.